The molecule has 0 heterocycles. The lowest BCUT2D eigenvalue weighted by molar-refractivity contribution is -0.384. The summed E-state index contributed by atoms with van der Waals surface area (Å²) >= 11 is 11.7. The largest absolute Gasteiger partial charge is 0.271 e. The molecule has 0 aliphatic heterocycles. The lowest BCUT2D eigenvalue weighted by Gasteiger charge is -2.21. The van der Waals surface area contributed by atoms with Gasteiger partial charge in [0, 0.05) is 12.1 Å². The fourth-order valence-corrected chi connectivity index (χ4v) is 3.21. The van der Waals surface area contributed by atoms with Crippen LogP contribution < -0.4 is 9.73 Å². The third kappa shape index (κ3) is 5.91. The molecule has 0 fully saturated rings. The molecule has 0 aliphatic rings. The van der Waals surface area contributed by atoms with Gasteiger partial charge in [-0.25, -0.2) is 13.8 Å². The molecular formula is C16H14Cl2N4O5S. The molecule has 28 heavy (non-hydrogen) atoms. The summed E-state index contributed by atoms with van der Waals surface area (Å²) in [6.45, 7) is -0.533. The normalized spacial score (nSPS) is 11.4. The number of hydrogen-bond donors (Lipinski definition) is 1. The maximum atomic E-state index is 12.1. The Morgan fingerprint density at radius 1 is 1.21 bits per heavy atom. The lowest BCUT2D eigenvalue weighted by atomic mass is 10.2. The summed E-state index contributed by atoms with van der Waals surface area (Å²) in [4.78, 5) is 22.1. The number of nitro groups is 1. The van der Waals surface area contributed by atoms with Crippen LogP contribution >= 0.6 is 23.2 Å². The minimum atomic E-state index is -3.78. The van der Waals surface area contributed by atoms with Gasteiger partial charge in [-0.05, 0) is 35.9 Å². The molecule has 9 nitrogen and oxygen atoms in total. The van der Waals surface area contributed by atoms with Gasteiger partial charge < -0.3 is 0 Å². The lowest BCUT2D eigenvalue weighted by Crippen LogP contribution is -2.39. The molecule has 0 atom stereocenters. The van der Waals surface area contributed by atoms with E-state index in [1.807, 2.05) is 0 Å². The topological polar surface area (TPSA) is 122 Å². The van der Waals surface area contributed by atoms with Crippen LogP contribution in [0.4, 0.5) is 11.4 Å². The van der Waals surface area contributed by atoms with Gasteiger partial charge in [0.15, 0.2) is 0 Å². The minimum absolute atomic E-state index is 0.0772. The maximum absolute atomic E-state index is 12.1. The first-order chi connectivity index (χ1) is 13.1. The first-order valence-electron chi connectivity index (χ1n) is 7.57. The highest BCUT2D eigenvalue weighted by Crippen LogP contribution is 2.28. The molecule has 2 aromatic carbocycles. The first kappa shape index (κ1) is 21.6. The Morgan fingerprint density at radius 3 is 2.39 bits per heavy atom. The van der Waals surface area contributed by atoms with E-state index in [0.717, 1.165) is 10.6 Å². The number of nitro benzene ring substituents is 1. The number of hydrazone groups is 1. The zero-order chi connectivity index (χ0) is 20.9. The van der Waals surface area contributed by atoms with Crippen molar-refractivity contribution in [1.82, 2.24) is 5.43 Å². The quantitative estimate of drug-likeness (QED) is 0.399. The summed E-state index contributed by atoms with van der Waals surface area (Å²) in [5.41, 5.74) is 2.80. The number of non-ortho nitro benzene ring substituents is 1. The fourth-order valence-electron chi connectivity index (χ4n) is 2.07. The molecule has 0 spiro atoms. The van der Waals surface area contributed by atoms with E-state index in [0.29, 0.717) is 5.56 Å². The van der Waals surface area contributed by atoms with Crippen LogP contribution in [0, 0.1) is 10.1 Å². The van der Waals surface area contributed by atoms with Gasteiger partial charge in [-0.1, -0.05) is 23.2 Å². The van der Waals surface area contributed by atoms with Gasteiger partial charge in [-0.3, -0.25) is 19.2 Å². The molecule has 0 saturated carbocycles. The highest BCUT2D eigenvalue weighted by atomic mass is 35.5. The van der Waals surface area contributed by atoms with E-state index in [4.69, 9.17) is 23.2 Å². The molecule has 0 bridgehead atoms. The van der Waals surface area contributed by atoms with Crippen LogP contribution in [0.1, 0.15) is 5.56 Å². The monoisotopic (exact) mass is 444 g/mol. The summed E-state index contributed by atoms with van der Waals surface area (Å²) in [6.07, 6.45) is 2.22. The van der Waals surface area contributed by atoms with E-state index in [-0.39, 0.29) is 21.4 Å². The molecule has 0 aliphatic carbocycles. The Bertz CT molecular complexity index is 1030. The van der Waals surface area contributed by atoms with Gasteiger partial charge in [0.05, 0.1) is 33.1 Å². The van der Waals surface area contributed by atoms with Crippen molar-refractivity contribution in [3.63, 3.8) is 0 Å². The Labute approximate surface area is 170 Å². The van der Waals surface area contributed by atoms with Crippen molar-refractivity contribution in [3.8, 4) is 0 Å². The summed E-state index contributed by atoms with van der Waals surface area (Å²) in [7, 11) is -3.78. The number of amides is 1. The molecule has 0 radical (unpaired) electrons. The predicted molar refractivity (Wildman–Crippen MR) is 107 cm³/mol. The first-order valence-corrected chi connectivity index (χ1v) is 10.2. The van der Waals surface area contributed by atoms with Crippen molar-refractivity contribution in [1.29, 1.82) is 0 Å². The van der Waals surface area contributed by atoms with Gasteiger partial charge in [0.25, 0.3) is 11.6 Å². The number of halogens is 2. The number of benzene rings is 2. The molecule has 12 heteroatoms. The van der Waals surface area contributed by atoms with Crippen molar-refractivity contribution in [3.05, 3.63) is 68.2 Å². The number of anilines is 1. The Hall–Kier alpha value is -2.69. The van der Waals surface area contributed by atoms with Crippen molar-refractivity contribution in [2.45, 2.75) is 0 Å². The van der Waals surface area contributed by atoms with Crippen LogP contribution in [0.15, 0.2) is 47.6 Å². The molecule has 0 aromatic heterocycles. The van der Waals surface area contributed by atoms with Crippen molar-refractivity contribution < 1.29 is 18.1 Å². The van der Waals surface area contributed by atoms with Crippen LogP contribution in [0.25, 0.3) is 0 Å². The molecule has 0 saturated heterocycles. The Kier molecular flexibility index (Phi) is 6.95. The summed E-state index contributed by atoms with van der Waals surface area (Å²) in [5.74, 6) is -0.699. The van der Waals surface area contributed by atoms with Crippen LogP contribution in [0.3, 0.4) is 0 Å². The fraction of sp³-hybridized carbons (Fsp3) is 0.125. The number of carbonyl (C=O) groups is 1. The van der Waals surface area contributed by atoms with Gasteiger partial charge >= 0.3 is 0 Å². The van der Waals surface area contributed by atoms with Gasteiger partial charge in [0.1, 0.15) is 6.54 Å². The number of rotatable bonds is 7. The van der Waals surface area contributed by atoms with E-state index in [1.165, 1.54) is 48.7 Å². The van der Waals surface area contributed by atoms with Gasteiger partial charge in [0.2, 0.25) is 10.0 Å². The SMILES string of the molecule is CS(=O)(=O)N(CC(=O)N/N=C\c1ccc([N+](=O)[O-])cc1)c1ccc(Cl)c(Cl)c1. The molecular weight excluding hydrogens is 431 g/mol. The maximum Gasteiger partial charge on any atom is 0.269 e. The third-order valence-electron chi connectivity index (χ3n) is 3.39. The molecule has 148 valence electrons. The molecule has 2 rings (SSSR count). The van der Waals surface area contributed by atoms with Crippen LogP contribution in [0.2, 0.25) is 10.0 Å². The molecule has 2 aromatic rings. The van der Waals surface area contributed by atoms with Crippen molar-refractivity contribution >= 4 is 56.7 Å². The van der Waals surface area contributed by atoms with E-state index in [1.54, 1.807) is 0 Å². The second-order valence-corrected chi connectivity index (χ2v) is 8.23. The molecule has 1 N–H and O–H groups in total. The summed E-state index contributed by atoms with van der Waals surface area (Å²) in [6, 6.07) is 9.65. The van der Waals surface area contributed by atoms with Gasteiger partial charge in [-0.15, -0.1) is 0 Å². The molecule has 1 amide bonds. The standard InChI is InChI=1S/C16H14Cl2N4O5S/c1-28(26,27)21(13-6-7-14(17)15(18)8-13)10-16(23)20-19-9-11-2-4-12(5-3-11)22(24)25/h2-9H,10H2,1H3,(H,20,23)/b19-9-. The number of nitrogens with one attached hydrogen (secondary N) is 1. The van der Waals surface area contributed by atoms with Crippen molar-refractivity contribution in [2.75, 3.05) is 17.1 Å². The number of carbonyl (C=O) groups excluding carboxylic acids is 1. The van der Waals surface area contributed by atoms with Gasteiger partial charge in [-0.2, -0.15) is 5.10 Å². The predicted octanol–water partition coefficient (Wildman–Crippen LogP) is 2.82. The number of sulfonamides is 1. The summed E-state index contributed by atoms with van der Waals surface area (Å²) < 4.78 is 24.9. The third-order valence-corrected chi connectivity index (χ3v) is 5.27. The van der Waals surface area contributed by atoms with Crippen molar-refractivity contribution in [2.24, 2.45) is 5.10 Å². The average Bonchev–Trinajstić information content (AvgIpc) is 2.61. The van der Waals surface area contributed by atoms with Crippen LogP contribution in [-0.2, 0) is 14.8 Å². The average molecular weight is 445 g/mol. The number of hydrogen-bond acceptors (Lipinski definition) is 6. The Balaban J connectivity index is 2.07. The Morgan fingerprint density at radius 2 is 1.86 bits per heavy atom. The van der Waals surface area contributed by atoms with E-state index < -0.39 is 27.4 Å². The minimum Gasteiger partial charge on any atom is -0.271 e. The van der Waals surface area contributed by atoms with Crippen LogP contribution in [-0.4, -0.2) is 38.3 Å². The van der Waals surface area contributed by atoms with E-state index in [9.17, 15) is 23.3 Å². The smallest absolute Gasteiger partial charge is 0.269 e. The highest BCUT2D eigenvalue weighted by molar-refractivity contribution is 7.92. The second kappa shape index (κ2) is 9.00. The van der Waals surface area contributed by atoms with Crippen LogP contribution in [0.5, 0.6) is 0 Å². The molecule has 0 unspecified atom stereocenters. The number of nitrogens with zero attached hydrogens (tertiary/aromatic N) is 3. The second-order valence-electron chi connectivity index (χ2n) is 5.51. The zero-order valence-electron chi connectivity index (χ0n) is 14.4. The summed E-state index contributed by atoms with van der Waals surface area (Å²) in [5, 5.41) is 14.7. The van der Waals surface area contributed by atoms with E-state index in [2.05, 4.69) is 10.5 Å². The zero-order valence-corrected chi connectivity index (χ0v) is 16.7. The highest BCUT2D eigenvalue weighted by Gasteiger charge is 2.21. The van der Waals surface area contributed by atoms with E-state index >= 15 is 0 Å².